The van der Waals surface area contributed by atoms with E-state index in [1.807, 2.05) is 18.2 Å². The highest BCUT2D eigenvalue weighted by atomic mass is 16.5. The molecule has 0 fully saturated rings. The fourth-order valence-corrected chi connectivity index (χ4v) is 3.31. The third kappa shape index (κ3) is 3.01. The molecule has 0 radical (unpaired) electrons. The van der Waals surface area contributed by atoms with Crippen LogP contribution in [0.3, 0.4) is 0 Å². The van der Waals surface area contributed by atoms with Crippen molar-refractivity contribution in [1.82, 2.24) is 20.2 Å². The maximum atomic E-state index is 5.63. The zero-order valence-electron chi connectivity index (χ0n) is 15.5. The Morgan fingerprint density at radius 2 is 1.89 bits per heavy atom. The second-order valence-electron chi connectivity index (χ2n) is 6.23. The van der Waals surface area contributed by atoms with E-state index in [9.17, 15) is 0 Å². The van der Waals surface area contributed by atoms with Crippen LogP contribution in [-0.2, 0) is 6.42 Å². The summed E-state index contributed by atoms with van der Waals surface area (Å²) in [6.07, 6.45) is 3.11. The van der Waals surface area contributed by atoms with Gasteiger partial charge in [0.15, 0.2) is 11.5 Å². The lowest BCUT2D eigenvalue weighted by Gasteiger charge is -2.25. The van der Waals surface area contributed by atoms with E-state index < -0.39 is 0 Å². The van der Waals surface area contributed by atoms with Crippen LogP contribution in [0.25, 0.3) is 5.70 Å². The first kappa shape index (κ1) is 17.1. The number of aryl methyl sites for hydroxylation is 1. The Kier molecular flexibility index (Phi) is 4.50. The Morgan fingerprint density at radius 1 is 1.07 bits per heavy atom. The molecule has 7 heteroatoms. The number of methoxy groups -OCH3 is 2. The molecular formula is C20H21N5O2. The molecule has 0 saturated carbocycles. The van der Waals surface area contributed by atoms with Crippen molar-refractivity contribution in [2.24, 2.45) is 0 Å². The lowest BCUT2D eigenvalue weighted by atomic mass is 9.99. The molecule has 1 unspecified atom stereocenters. The normalized spacial score (nSPS) is 15.5. The van der Waals surface area contributed by atoms with Gasteiger partial charge in [-0.25, -0.2) is 0 Å². The van der Waals surface area contributed by atoms with Gasteiger partial charge in [-0.2, -0.15) is 4.68 Å². The second kappa shape index (κ2) is 7.11. The Bertz CT molecular complexity index is 978. The highest BCUT2D eigenvalue weighted by molar-refractivity contribution is 5.77. The summed E-state index contributed by atoms with van der Waals surface area (Å²) in [5, 5.41) is 15.4. The van der Waals surface area contributed by atoms with Crippen molar-refractivity contribution in [3.8, 4) is 11.5 Å². The molecule has 1 N–H and O–H groups in total. The smallest absolute Gasteiger partial charge is 0.248 e. The van der Waals surface area contributed by atoms with Gasteiger partial charge in [-0.3, -0.25) is 0 Å². The molecule has 4 rings (SSSR count). The van der Waals surface area contributed by atoms with Gasteiger partial charge >= 0.3 is 0 Å². The molecule has 7 nitrogen and oxygen atoms in total. The largest absolute Gasteiger partial charge is 0.493 e. The molecule has 0 aliphatic carbocycles. The molecule has 1 atom stereocenters. The number of fused-ring (bicyclic) bond motifs is 1. The predicted octanol–water partition coefficient (Wildman–Crippen LogP) is 3.31. The molecule has 0 bridgehead atoms. The van der Waals surface area contributed by atoms with Crippen molar-refractivity contribution >= 4 is 11.6 Å². The van der Waals surface area contributed by atoms with Gasteiger partial charge in [0.1, 0.15) is 6.04 Å². The van der Waals surface area contributed by atoms with Gasteiger partial charge in [0.25, 0.3) is 0 Å². The Labute approximate surface area is 157 Å². The summed E-state index contributed by atoms with van der Waals surface area (Å²) in [7, 11) is 3.26. The number of nitrogens with one attached hydrogen (secondary N) is 1. The summed E-state index contributed by atoms with van der Waals surface area (Å²) >= 11 is 0. The van der Waals surface area contributed by atoms with E-state index in [4.69, 9.17) is 9.47 Å². The van der Waals surface area contributed by atoms with Crippen molar-refractivity contribution in [2.45, 2.75) is 19.4 Å². The average molecular weight is 363 g/mol. The van der Waals surface area contributed by atoms with Gasteiger partial charge in [0, 0.05) is 11.3 Å². The number of nitrogens with zero attached hydrogens (tertiary/aromatic N) is 4. The summed E-state index contributed by atoms with van der Waals surface area (Å²) in [5.74, 6) is 1.93. The van der Waals surface area contributed by atoms with Crippen LogP contribution in [0.15, 0.2) is 48.5 Å². The molecule has 2 aromatic carbocycles. The summed E-state index contributed by atoms with van der Waals surface area (Å²) < 4.78 is 12.8. The van der Waals surface area contributed by atoms with Crippen LogP contribution < -0.4 is 14.8 Å². The highest BCUT2D eigenvalue weighted by Gasteiger charge is 2.27. The molecule has 1 aliphatic rings. The lowest BCUT2D eigenvalue weighted by molar-refractivity contribution is 0.348. The molecule has 0 spiro atoms. The number of anilines is 1. The molecule has 1 aromatic heterocycles. The van der Waals surface area contributed by atoms with Gasteiger partial charge in [-0.1, -0.05) is 48.4 Å². The van der Waals surface area contributed by atoms with E-state index in [2.05, 4.69) is 58.1 Å². The van der Waals surface area contributed by atoms with Crippen molar-refractivity contribution in [1.29, 1.82) is 0 Å². The van der Waals surface area contributed by atoms with Crippen molar-refractivity contribution < 1.29 is 9.47 Å². The first-order valence-corrected chi connectivity index (χ1v) is 8.82. The lowest BCUT2D eigenvalue weighted by Crippen LogP contribution is -2.21. The first-order valence-electron chi connectivity index (χ1n) is 8.82. The number of tetrazole rings is 1. The zero-order chi connectivity index (χ0) is 18.8. The molecule has 27 heavy (non-hydrogen) atoms. The number of ether oxygens (including phenoxy) is 2. The Hall–Kier alpha value is -3.35. The minimum absolute atomic E-state index is 0.220. The third-order valence-corrected chi connectivity index (χ3v) is 4.75. The van der Waals surface area contributed by atoms with Crippen LogP contribution in [0.5, 0.6) is 11.5 Å². The molecule has 138 valence electrons. The van der Waals surface area contributed by atoms with E-state index in [1.54, 1.807) is 18.9 Å². The number of hydrogen-bond acceptors (Lipinski definition) is 6. The van der Waals surface area contributed by atoms with E-state index in [-0.39, 0.29) is 6.04 Å². The predicted molar refractivity (Wildman–Crippen MR) is 103 cm³/mol. The van der Waals surface area contributed by atoms with Gasteiger partial charge in [-0.15, -0.1) is 0 Å². The van der Waals surface area contributed by atoms with Crippen LogP contribution in [0, 0.1) is 0 Å². The van der Waals surface area contributed by atoms with E-state index in [0.717, 1.165) is 23.2 Å². The van der Waals surface area contributed by atoms with E-state index in [1.165, 1.54) is 5.56 Å². The molecule has 1 aliphatic heterocycles. The third-order valence-electron chi connectivity index (χ3n) is 4.75. The van der Waals surface area contributed by atoms with Crippen molar-refractivity contribution in [2.75, 3.05) is 19.5 Å². The Morgan fingerprint density at radius 3 is 2.59 bits per heavy atom. The quantitative estimate of drug-likeness (QED) is 0.750. The SMILES string of the molecule is CCc1ccc(C2=CC(c3cccc(OC)c3OC)n3nnnc3N2)cc1. The molecule has 0 amide bonds. The monoisotopic (exact) mass is 363 g/mol. The molecule has 3 aromatic rings. The Balaban J connectivity index is 1.82. The van der Waals surface area contributed by atoms with Crippen molar-refractivity contribution in [3.63, 3.8) is 0 Å². The van der Waals surface area contributed by atoms with Crippen LogP contribution in [0.2, 0.25) is 0 Å². The topological polar surface area (TPSA) is 74.1 Å². The standard InChI is InChI=1S/C20H21N5O2/c1-4-13-8-10-14(11-9-13)16-12-17(25-20(21-16)22-23-24-25)15-6-5-7-18(26-2)19(15)27-3/h5-12,17H,4H2,1-3H3,(H,21,22,24). The number of allylic oxidation sites excluding steroid dienone is 1. The maximum Gasteiger partial charge on any atom is 0.248 e. The fourth-order valence-electron chi connectivity index (χ4n) is 3.31. The van der Waals surface area contributed by atoms with Crippen LogP contribution in [0.4, 0.5) is 5.95 Å². The van der Waals surface area contributed by atoms with Gasteiger partial charge in [0.05, 0.1) is 14.2 Å². The number of aromatic nitrogens is 4. The highest BCUT2D eigenvalue weighted by Crippen LogP contribution is 2.40. The minimum Gasteiger partial charge on any atom is -0.493 e. The molecule has 0 saturated heterocycles. The summed E-state index contributed by atoms with van der Waals surface area (Å²) in [4.78, 5) is 0. The number of rotatable bonds is 5. The summed E-state index contributed by atoms with van der Waals surface area (Å²) in [5.41, 5.74) is 4.25. The number of hydrogen-bond donors (Lipinski definition) is 1. The maximum absolute atomic E-state index is 5.63. The summed E-state index contributed by atoms with van der Waals surface area (Å²) in [6.45, 7) is 2.15. The molecular weight excluding hydrogens is 342 g/mol. The van der Waals surface area contributed by atoms with E-state index in [0.29, 0.717) is 17.4 Å². The fraction of sp³-hybridized carbons (Fsp3) is 0.250. The van der Waals surface area contributed by atoms with Gasteiger partial charge < -0.3 is 14.8 Å². The number of para-hydroxylation sites is 1. The van der Waals surface area contributed by atoms with E-state index >= 15 is 0 Å². The van der Waals surface area contributed by atoms with Crippen LogP contribution in [-0.4, -0.2) is 34.4 Å². The van der Waals surface area contributed by atoms with Crippen LogP contribution in [0.1, 0.15) is 29.7 Å². The van der Waals surface area contributed by atoms with Gasteiger partial charge in [-0.05, 0) is 40.1 Å². The second-order valence-corrected chi connectivity index (χ2v) is 6.23. The van der Waals surface area contributed by atoms with Crippen molar-refractivity contribution in [3.05, 3.63) is 65.2 Å². The molecule has 2 heterocycles. The first-order chi connectivity index (χ1) is 13.2. The van der Waals surface area contributed by atoms with Gasteiger partial charge in [0.2, 0.25) is 5.95 Å². The summed E-state index contributed by atoms with van der Waals surface area (Å²) in [6, 6.07) is 14.1. The average Bonchev–Trinajstić information content (AvgIpc) is 3.21. The number of benzene rings is 2. The van der Waals surface area contributed by atoms with Crippen LogP contribution >= 0.6 is 0 Å². The minimum atomic E-state index is -0.220. The zero-order valence-corrected chi connectivity index (χ0v) is 15.5.